The summed E-state index contributed by atoms with van der Waals surface area (Å²) < 4.78 is 21.0. The van der Waals surface area contributed by atoms with E-state index in [4.69, 9.17) is 4.74 Å². The lowest BCUT2D eigenvalue weighted by atomic mass is 10.1. The summed E-state index contributed by atoms with van der Waals surface area (Å²) in [4.78, 5) is 21.1. The maximum absolute atomic E-state index is 14.0. The number of carbonyl (C=O) groups is 1. The molecule has 0 spiro atoms. The fraction of sp³-hybridized carbons (Fsp3) is 0.105. The van der Waals surface area contributed by atoms with E-state index in [0.29, 0.717) is 28.1 Å². The molecule has 0 bridgehead atoms. The molecule has 4 aromatic rings. The molecule has 0 amide bonds. The van der Waals surface area contributed by atoms with E-state index in [9.17, 15) is 9.18 Å². The van der Waals surface area contributed by atoms with Gasteiger partial charge < -0.3 is 10.1 Å². The van der Waals surface area contributed by atoms with E-state index in [1.807, 2.05) is 6.07 Å². The number of rotatable bonds is 4. The van der Waals surface area contributed by atoms with Crippen molar-refractivity contribution in [3.8, 4) is 0 Å². The van der Waals surface area contributed by atoms with E-state index in [0.717, 1.165) is 0 Å². The van der Waals surface area contributed by atoms with Crippen molar-refractivity contribution in [3.05, 3.63) is 66.2 Å². The maximum atomic E-state index is 14.0. The van der Waals surface area contributed by atoms with Crippen LogP contribution in [0, 0.1) is 5.82 Å². The van der Waals surface area contributed by atoms with Gasteiger partial charge in [0.25, 0.3) is 0 Å². The number of fused-ring (bicyclic) bond motifs is 3. The lowest BCUT2D eigenvalue weighted by Gasteiger charge is -2.12. The van der Waals surface area contributed by atoms with E-state index < -0.39 is 11.8 Å². The van der Waals surface area contributed by atoms with Gasteiger partial charge in [-0.2, -0.15) is 0 Å². The molecule has 0 saturated carbocycles. The molecule has 26 heavy (non-hydrogen) atoms. The van der Waals surface area contributed by atoms with Gasteiger partial charge in [0.1, 0.15) is 11.3 Å². The molecular formula is C19H15FN4O2. The Morgan fingerprint density at radius 2 is 2.08 bits per heavy atom. The van der Waals surface area contributed by atoms with E-state index in [-0.39, 0.29) is 12.3 Å². The molecule has 0 fully saturated rings. The van der Waals surface area contributed by atoms with Gasteiger partial charge in [-0.3, -0.25) is 4.40 Å². The summed E-state index contributed by atoms with van der Waals surface area (Å²) in [7, 11) is 0. The average molecular weight is 350 g/mol. The smallest absolute Gasteiger partial charge is 0.340 e. The van der Waals surface area contributed by atoms with Gasteiger partial charge in [-0.05, 0) is 31.2 Å². The number of hydrogen-bond donors (Lipinski definition) is 1. The Labute approximate surface area is 148 Å². The molecule has 130 valence electrons. The summed E-state index contributed by atoms with van der Waals surface area (Å²) in [5.41, 5.74) is 2.31. The van der Waals surface area contributed by atoms with Crippen LogP contribution in [0.2, 0.25) is 0 Å². The van der Waals surface area contributed by atoms with Crippen LogP contribution in [0.1, 0.15) is 17.3 Å². The standard InChI is InChI=1S/C19H15FN4O2/c1-2-26-19(25)12-6-5-9-15-16(12)23-17(18-21-10-11-24(15)18)22-14-8-4-3-7-13(14)20/h3-11H,2H2,1H3,(H,22,23). The Hall–Kier alpha value is -3.48. The summed E-state index contributed by atoms with van der Waals surface area (Å²) in [6.07, 6.45) is 3.39. The molecule has 1 N–H and O–H groups in total. The molecule has 0 aliphatic rings. The second-order valence-corrected chi connectivity index (χ2v) is 5.58. The molecule has 0 saturated heterocycles. The van der Waals surface area contributed by atoms with Crippen molar-refractivity contribution in [2.45, 2.75) is 6.92 Å². The zero-order valence-electron chi connectivity index (χ0n) is 13.9. The van der Waals surface area contributed by atoms with Gasteiger partial charge in [0, 0.05) is 12.4 Å². The summed E-state index contributed by atoms with van der Waals surface area (Å²) in [5.74, 6) is -0.510. The Bertz CT molecular complexity index is 1120. The van der Waals surface area contributed by atoms with Crippen LogP contribution in [-0.4, -0.2) is 26.9 Å². The maximum Gasteiger partial charge on any atom is 0.340 e. The molecule has 0 radical (unpaired) electrons. The predicted molar refractivity (Wildman–Crippen MR) is 96.1 cm³/mol. The monoisotopic (exact) mass is 350 g/mol. The second kappa shape index (κ2) is 6.44. The molecule has 0 aliphatic carbocycles. The number of nitrogens with zero attached hydrogens (tertiary/aromatic N) is 3. The highest BCUT2D eigenvalue weighted by Crippen LogP contribution is 2.27. The lowest BCUT2D eigenvalue weighted by Crippen LogP contribution is -2.08. The zero-order valence-corrected chi connectivity index (χ0v) is 13.9. The first kappa shape index (κ1) is 16.0. The quantitative estimate of drug-likeness (QED) is 0.565. The fourth-order valence-corrected chi connectivity index (χ4v) is 2.83. The minimum atomic E-state index is -0.457. The van der Waals surface area contributed by atoms with Crippen LogP contribution in [-0.2, 0) is 4.74 Å². The molecule has 6 nitrogen and oxygen atoms in total. The number of halogens is 1. The fourth-order valence-electron chi connectivity index (χ4n) is 2.83. The Morgan fingerprint density at radius 1 is 1.23 bits per heavy atom. The van der Waals surface area contributed by atoms with E-state index in [2.05, 4.69) is 15.3 Å². The number of esters is 1. The molecule has 0 aliphatic heterocycles. The number of hydrogen-bond acceptors (Lipinski definition) is 5. The van der Waals surface area contributed by atoms with Crippen molar-refractivity contribution < 1.29 is 13.9 Å². The van der Waals surface area contributed by atoms with Crippen molar-refractivity contribution >= 4 is 34.2 Å². The van der Waals surface area contributed by atoms with Crippen molar-refractivity contribution in [2.24, 2.45) is 0 Å². The molecule has 4 rings (SSSR count). The van der Waals surface area contributed by atoms with Crippen molar-refractivity contribution in [3.63, 3.8) is 0 Å². The largest absolute Gasteiger partial charge is 0.462 e. The number of ether oxygens (including phenoxy) is 1. The topological polar surface area (TPSA) is 68.5 Å². The molecule has 2 aromatic heterocycles. The lowest BCUT2D eigenvalue weighted by molar-refractivity contribution is 0.0528. The van der Waals surface area contributed by atoms with Gasteiger partial charge in [0.05, 0.1) is 23.4 Å². The zero-order chi connectivity index (χ0) is 18.1. The highest BCUT2D eigenvalue weighted by molar-refractivity contribution is 6.03. The van der Waals surface area contributed by atoms with Crippen LogP contribution in [0.25, 0.3) is 16.7 Å². The first-order chi connectivity index (χ1) is 12.7. The molecule has 7 heteroatoms. The Morgan fingerprint density at radius 3 is 2.88 bits per heavy atom. The van der Waals surface area contributed by atoms with Crippen molar-refractivity contribution in [2.75, 3.05) is 11.9 Å². The molecule has 0 atom stereocenters. The van der Waals surface area contributed by atoms with Crippen LogP contribution in [0.5, 0.6) is 0 Å². The minimum absolute atomic E-state index is 0.267. The molecule has 2 aromatic carbocycles. The normalized spacial score (nSPS) is 11.0. The average Bonchev–Trinajstić information content (AvgIpc) is 3.14. The Kier molecular flexibility index (Phi) is 3.96. The number of nitrogens with one attached hydrogen (secondary N) is 1. The van der Waals surface area contributed by atoms with Crippen LogP contribution in [0.4, 0.5) is 15.9 Å². The number of imidazole rings is 1. The van der Waals surface area contributed by atoms with Crippen LogP contribution in [0.3, 0.4) is 0 Å². The molecule has 0 unspecified atom stereocenters. The van der Waals surface area contributed by atoms with Gasteiger partial charge in [0.2, 0.25) is 0 Å². The van der Waals surface area contributed by atoms with E-state index >= 15 is 0 Å². The Balaban J connectivity index is 1.94. The van der Waals surface area contributed by atoms with Gasteiger partial charge in [-0.15, -0.1) is 0 Å². The number of anilines is 2. The number of carbonyl (C=O) groups excluding carboxylic acids is 1. The number of aromatic nitrogens is 3. The highest BCUT2D eigenvalue weighted by atomic mass is 19.1. The summed E-state index contributed by atoms with van der Waals surface area (Å²) in [6, 6.07) is 11.6. The van der Waals surface area contributed by atoms with Crippen molar-refractivity contribution in [1.29, 1.82) is 0 Å². The van der Waals surface area contributed by atoms with Gasteiger partial charge >= 0.3 is 5.97 Å². The third-order valence-electron chi connectivity index (χ3n) is 3.97. The van der Waals surface area contributed by atoms with Gasteiger partial charge in [0.15, 0.2) is 11.5 Å². The highest BCUT2D eigenvalue weighted by Gasteiger charge is 2.17. The summed E-state index contributed by atoms with van der Waals surface area (Å²) in [5, 5.41) is 2.97. The minimum Gasteiger partial charge on any atom is -0.462 e. The third-order valence-corrected chi connectivity index (χ3v) is 3.97. The van der Waals surface area contributed by atoms with E-state index in [1.54, 1.807) is 54.0 Å². The molecular weight excluding hydrogens is 335 g/mol. The summed E-state index contributed by atoms with van der Waals surface area (Å²) >= 11 is 0. The second-order valence-electron chi connectivity index (χ2n) is 5.58. The predicted octanol–water partition coefficient (Wildman–Crippen LogP) is 3.94. The first-order valence-electron chi connectivity index (χ1n) is 8.13. The van der Waals surface area contributed by atoms with Crippen molar-refractivity contribution in [1.82, 2.24) is 14.4 Å². The summed E-state index contributed by atoms with van der Waals surface area (Å²) in [6.45, 7) is 2.01. The number of para-hydroxylation sites is 2. The van der Waals surface area contributed by atoms with Crippen LogP contribution < -0.4 is 5.32 Å². The van der Waals surface area contributed by atoms with E-state index in [1.165, 1.54) is 6.07 Å². The van der Waals surface area contributed by atoms with Gasteiger partial charge in [-0.1, -0.05) is 18.2 Å². The SMILES string of the molecule is CCOC(=O)c1cccc2c1nc(Nc1ccccc1F)c1nccn12. The van der Waals surface area contributed by atoms with Gasteiger partial charge in [-0.25, -0.2) is 19.2 Å². The number of benzene rings is 2. The molecule has 2 heterocycles. The third kappa shape index (κ3) is 2.63. The van der Waals surface area contributed by atoms with Crippen LogP contribution >= 0.6 is 0 Å². The first-order valence-corrected chi connectivity index (χ1v) is 8.13. The van der Waals surface area contributed by atoms with Crippen LogP contribution in [0.15, 0.2) is 54.9 Å².